The molecule has 5 nitrogen and oxygen atoms in total. The highest BCUT2D eigenvalue weighted by atomic mass is 32.1. The first-order chi connectivity index (χ1) is 10.6. The number of nitrogens with one attached hydrogen (secondary N) is 1. The van der Waals surface area contributed by atoms with Gasteiger partial charge < -0.3 is 14.9 Å². The molecular weight excluding hydrogens is 300 g/mol. The van der Waals surface area contributed by atoms with Crippen molar-refractivity contribution in [2.24, 2.45) is 0 Å². The minimum absolute atomic E-state index is 0.0391. The molecule has 1 N–H and O–H groups in total. The first-order valence-corrected chi connectivity index (χ1v) is 7.36. The molecule has 0 radical (unpaired) electrons. The van der Waals surface area contributed by atoms with Crippen LogP contribution < -0.4 is 10.7 Å². The Morgan fingerprint density at radius 3 is 2.68 bits per heavy atom. The van der Waals surface area contributed by atoms with Crippen LogP contribution in [-0.4, -0.2) is 15.9 Å². The number of carbonyl (C=O) groups is 1. The van der Waals surface area contributed by atoms with Gasteiger partial charge in [-0.25, -0.2) is 4.98 Å². The lowest BCUT2D eigenvalue weighted by Crippen LogP contribution is -2.21. The molecule has 0 saturated carbocycles. The van der Waals surface area contributed by atoms with Crippen LogP contribution in [0, 0.1) is 6.92 Å². The molecule has 0 aliphatic heterocycles. The van der Waals surface area contributed by atoms with Gasteiger partial charge in [-0.05, 0) is 24.1 Å². The monoisotopic (exact) mass is 311 g/mol. The van der Waals surface area contributed by atoms with Gasteiger partial charge in [-0.2, -0.15) is 0 Å². The van der Waals surface area contributed by atoms with Crippen LogP contribution in [-0.2, 0) is 0 Å². The molecule has 0 saturated heterocycles. The number of benzene rings is 1. The summed E-state index contributed by atoms with van der Waals surface area (Å²) in [5.41, 5.74) is 1.02. The molecule has 0 atom stereocenters. The summed E-state index contributed by atoms with van der Waals surface area (Å²) in [5, 5.41) is 11.4. The number of carboxylic acid groups (broad SMARTS) is 1. The maximum atomic E-state index is 12.1. The molecule has 3 rings (SSSR count). The molecule has 6 heteroatoms. The third-order valence-electron chi connectivity index (χ3n) is 3.24. The number of aromatic amines is 1. The topological polar surface area (TPSA) is 85.9 Å². The lowest BCUT2D eigenvalue weighted by molar-refractivity contribution is -0.254. The van der Waals surface area contributed by atoms with E-state index in [0.29, 0.717) is 21.6 Å². The number of aromatic nitrogens is 2. The van der Waals surface area contributed by atoms with Crippen LogP contribution in [0.5, 0.6) is 0 Å². The minimum atomic E-state index is -1.29. The fourth-order valence-corrected chi connectivity index (χ4v) is 3.20. The number of H-pyrrole nitrogens is 1. The van der Waals surface area contributed by atoms with Crippen molar-refractivity contribution in [1.82, 2.24) is 9.97 Å². The number of thiophene rings is 1. The smallest absolute Gasteiger partial charge is 0.260 e. The fraction of sp³-hybridized carbons (Fsp3) is 0.0625. The minimum Gasteiger partial charge on any atom is -0.544 e. The van der Waals surface area contributed by atoms with Crippen LogP contribution >= 0.6 is 11.3 Å². The Balaban J connectivity index is 2.08. The van der Waals surface area contributed by atoms with Crippen LogP contribution in [0.4, 0.5) is 0 Å². The van der Waals surface area contributed by atoms with E-state index in [4.69, 9.17) is 0 Å². The van der Waals surface area contributed by atoms with E-state index >= 15 is 0 Å². The molecule has 0 amide bonds. The van der Waals surface area contributed by atoms with E-state index in [1.54, 1.807) is 13.0 Å². The third kappa shape index (κ3) is 2.56. The summed E-state index contributed by atoms with van der Waals surface area (Å²) in [5.74, 6) is -0.909. The van der Waals surface area contributed by atoms with Crippen LogP contribution in [0.2, 0.25) is 0 Å². The molecule has 0 aliphatic rings. The summed E-state index contributed by atoms with van der Waals surface area (Å²) in [6.45, 7) is 1.58. The van der Waals surface area contributed by atoms with Crippen molar-refractivity contribution in [3.8, 4) is 0 Å². The summed E-state index contributed by atoms with van der Waals surface area (Å²) in [6.07, 6.45) is 3.51. The summed E-state index contributed by atoms with van der Waals surface area (Å²) in [6, 6.07) is 9.59. The number of aromatic carboxylic acids is 1. The second-order valence-electron chi connectivity index (χ2n) is 4.72. The number of hydrogen-bond acceptors (Lipinski definition) is 5. The molecule has 1 aromatic carbocycles. The van der Waals surface area contributed by atoms with E-state index < -0.39 is 5.97 Å². The van der Waals surface area contributed by atoms with Crippen molar-refractivity contribution in [1.29, 1.82) is 0 Å². The molecule has 2 aromatic heterocycles. The average Bonchev–Trinajstić information content (AvgIpc) is 2.84. The molecule has 3 aromatic rings. The van der Waals surface area contributed by atoms with Crippen molar-refractivity contribution in [3.05, 3.63) is 62.5 Å². The second-order valence-corrected chi connectivity index (χ2v) is 5.72. The van der Waals surface area contributed by atoms with Crippen LogP contribution in [0.3, 0.4) is 0 Å². The summed E-state index contributed by atoms with van der Waals surface area (Å²) in [4.78, 5) is 30.6. The molecule has 0 fully saturated rings. The van der Waals surface area contributed by atoms with Gasteiger partial charge in [-0.15, -0.1) is 11.3 Å². The zero-order valence-corrected chi connectivity index (χ0v) is 12.4. The van der Waals surface area contributed by atoms with Crippen LogP contribution in [0.25, 0.3) is 22.4 Å². The summed E-state index contributed by atoms with van der Waals surface area (Å²) < 4.78 is 0. The van der Waals surface area contributed by atoms with Gasteiger partial charge in [0.25, 0.3) is 5.56 Å². The summed E-state index contributed by atoms with van der Waals surface area (Å²) >= 11 is 0.955. The zero-order valence-electron chi connectivity index (χ0n) is 11.6. The van der Waals surface area contributed by atoms with Gasteiger partial charge >= 0.3 is 0 Å². The van der Waals surface area contributed by atoms with Crippen LogP contribution in [0.1, 0.15) is 26.6 Å². The van der Waals surface area contributed by atoms with Gasteiger partial charge in [-0.3, -0.25) is 4.79 Å². The SMILES string of the molecule is Cc1c(C(=O)[O-])sc2nc(/C=C/c3ccccc3)[nH]c(=O)c12. The highest BCUT2D eigenvalue weighted by Crippen LogP contribution is 2.26. The first-order valence-electron chi connectivity index (χ1n) is 6.54. The Morgan fingerprint density at radius 2 is 2.00 bits per heavy atom. The quantitative estimate of drug-likeness (QED) is 0.799. The molecule has 0 aliphatic carbocycles. The Bertz CT molecular complexity index is 939. The van der Waals surface area contributed by atoms with E-state index in [9.17, 15) is 14.7 Å². The molecular formula is C16H11N2O3S-. The molecule has 0 unspecified atom stereocenters. The molecule has 0 bridgehead atoms. The Kier molecular flexibility index (Phi) is 3.60. The normalized spacial score (nSPS) is 11.3. The van der Waals surface area contributed by atoms with Crippen molar-refractivity contribution in [2.75, 3.05) is 0 Å². The zero-order chi connectivity index (χ0) is 15.7. The maximum Gasteiger partial charge on any atom is 0.260 e. The van der Waals surface area contributed by atoms with Crippen molar-refractivity contribution < 1.29 is 9.90 Å². The van der Waals surface area contributed by atoms with Crippen molar-refractivity contribution >= 4 is 39.7 Å². The van der Waals surface area contributed by atoms with Gasteiger partial charge in [0.2, 0.25) is 0 Å². The highest BCUT2D eigenvalue weighted by molar-refractivity contribution is 7.20. The van der Waals surface area contributed by atoms with Gasteiger partial charge in [0, 0.05) is 0 Å². The third-order valence-corrected chi connectivity index (χ3v) is 4.40. The first kappa shape index (κ1) is 14.2. The van der Waals surface area contributed by atoms with Gasteiger partial charge in [0.15, 0.2) is 0 Å². The number of aryl methyl sites for hydroxylation is 1. The van der Waals surface area contributed by atoms with E-state index in [2.05, 4.69) is 9.97 Å². The van der Waals surface area contributed by atoms with E-state index in [0.717, 1.165) is 16.9 Å². The molecule has 22 heavy (non-hydrogen) atoms. The Labute approximate surface area is 129 Å². The predicted molar refractivity (Wildman–Crippen MR) is 84.7 cm³/mol. The van der Waals surface area contributed by atoms with E-state index in [-0.39, 0.29) is 10.4 Å². The molecule has 110 valence electrons. The number of hydrogen-bond donors (Lipinski definition) is 1. The standard InChI is InChI=1S/C16H12N2O3S/c1-9-12-14(19)17-11(8-7-10-5-3-2-4-6-10)18-15(12)22-13(9)16(20)21/h2-8H,1H3,(H,20,21)(H,17,18,19)/p-1/b8-7+. The number of fused-ring (bicyclic) bond motifs is 1. The van der Waals surface area contributed by atoms with E-state index in [1.807, 2.05) is 36.4 Å². The maximum absolute atomic E-state index is 12.1. The van der Waals surface area contributed by atoms with Crippen molar-refractivity contribution in [2.45, 2.75) is 6.92 Å². The van der Waals surface area contributed by atoms with Gasteiger partial charge in [-0.1, -0.05) is 36.4 Å². The number of carbonyl (C=O) groups excluding carboxylic acids is 1. The fourth-order valence-electron chi connectivity index (χ4n) is 2.17. The molecule has 0 spiro atoms. The Morgan fingerprint density at radius 1 is 1.27 bits per heavy atom. The predicted octanol–water partition coefficient (Wildman–Crippen LogP) is 1.83. The van der Waals surface area contributed by atoms with Gasteiger partial charge in [0.1, 0.15) is 10.7 Å². The molecule has 2 heterocycles. The summed E-state index contributed by atoms with van der Waals surface area (Å²) in [7, 11) is 0. The highest BCUT2D eigenvalue weighted by Gasteiger charge is 2.14. The van der Waals surface area contributed by atoms with Crippen LogP contribution in [0.15, 0.2) is 35.1 Å². The lowest BCUT2D eigenvalue weighted by Gasteiger charge is -1.97. The average molecular weight is 311 g/mol. The number of rotatable bonds is 3. The van der Waals surface area contributed by atoms with E-state index in [1.165, 1.54) is 0 Å². The second kappa shape index (κ2) is 5.57. The number of nitrogens with zero attached hydrogens (tertiary/aromatic N) is 1. The van der Waals surface area contributed by atoms with Gasteiger partial charge in [0.05, 0.1) is 16.2 Å². The largest absolute Gasteiger partial charge is 0.544 e. The Hall–Kier alpha value is -2.73. The number of carboxylic acids is 1. The lowest BCUT2D eigenvalue weighted by atomic mass is 10.2. The van der Waals surface area contributed by atoms with Crippen molar-refractivity contribution in [3.63, 3.8) is 0 Å².